The molecule has 1 atom stereocenters. The number of hydrogen-bond donors (Lipinski definition) is 1. The fraction of sp³-hybridized carbons (Fsp3) is 0.667. The lowest BCUT2D eigenvalue weighted by Crippen LogP contribution is -2.33. The number of nitrogens with zero attached hydrogens (tertiary/aromatic N) is 2. The van der Waals surface area contributed by atoms with Crippen LogP contribution in [0.4, 0.5) is 0 Å². The van der Waals surface area contributed by atoms with E-state index in [1.807, 2.05) is 0 Å². The molecule has 21 heavy (non-hydrogen) atoms. The van der Waals surface area contributed by atoms with Gasteiger partial charge in [0.25, 0.3) is 0 Å². The van der Waals surface area contributed by atoms with E-state index >= 15 is 0 Å². The second-order valence-electron chi connectivity index (χ2n) is 5.90. The van der Waals surface area contributed by atoms with Gasteiger partial charge in [-0.25, -0.2) is 4.98 Å². The van der Waals surface area contributed by atoms with Crippen molar-refractivity contribution in [2.75, 3.05) is 20.1 Å². The van der Waals surface area contributed by atoms with Crippen molar-refractivity contribution in [2.45, 2.75) is 38.5 Å². The smallest absolute Gasteiger partial charge is 0.225 e. The van der Waals surface area contributed by atoms with Crippen LogP contribution in [0.25, 0.3) is 0 Å². The van der Waals surface area contributed by atoms with Gasteiger partial charge in [0.15, 0.2) is 0 Å². The Morgan fingerprint density at radius 2 is 2.24 bits per heavy atom. The Kier molecular flexibility index (Phi) is 4.24. The molecule has 6 heteroatoms. The largest absolute Gasteiger partial charge is 0.355 e. The van der Waals surface area contributed by atoms with Crippen LogP contribution < -0.4 is 5.32 Å². The average Bonchev–Trinajstić information content (AvgIpc) is 3.02. The van der Waals surface area contributed by atoms with E-state index in [9.17, 15) is 9.59 Å². The van der Waals surface area contributed by atoms with Crippen LogP contribution in [0.2, 0.25) is 0 Å². The first kappa shape index (κ1) is 14.5. The van der Waals surface area contributed by atoms with Crippen molar-refractivity contribution in [1.82, 2.24) is 15.2 Å². The number of likely N-dealkylation sites (tertiary alicyclic amines) is 1. The SMILES string of the molecule is CN1C[C@H](C(=O)NCCc2nc3c(s2)CCCC3)CC1=O. The van der Waals surface area contributed by atoms with E-state index in [1.54, 1.807) is 23.3 Å². The fourth-order valence-corrected chi connectivity index (χ4v) is 4.14. The summed E-state index contributed by atoms with van der Waals surface area (Å²) < 4.78 is 0. The lowest BCUT2D eigenvalue weighted by Gasteiger charge is -2.10. The topological polar surface area (TPSA) is 62.3 Å². The van der Waals surface area contributed by atoms with Crippen LogP contribution in [-0.2, 0) is 28.9 Å². The van der Waals surface area contributed by atoms with Gasteiger partial charge in [0, 0.05) is 37.9 Å². The molecule has 1 N–H and O–H groups in total. The average molecular weight is 307 g/mol. The van der Waals surface area contributed by atoms with Crippen LogP contribution in [0.15, 0.2) is 0 Å². The highest BCUT2D eigenvalue weighted by atomic mass is 32.1. The Morgan fingerprint density at radius 3 is 2.95 bits per heavy atom. The summed E-state index contributed by atoms with van der Waals surface area (Å²) >= 11 is 1.80. The van der Waals surface area contributed by atoms with Crippen LogP contribution in [0, 0.1) is 5.92 Å². The van der Waals surface area contributed by atoms with Gasteiger partial charge in [0.2, 0.25) is 11.8 Å². The molecule has 0 bridgehead atoms. The molecule has 5 nitrogen and oxygen atoms in total. The van der Waals surface area contributed by atoms with Gasteiger partial charge in [-0.05, 0) is 25.7 Å². The molecule has 1 saturated heterocycles. The monoisotopic (exact) mass is 307 g/mol. The summed E-state index contributed by atoms with van der Waals surface area (Å²) in [5.74, 6) is -0.135. The maximum atomic E-state index is 12.0. The van der Waals surface area contributed by atoms with E-state index in [-0.39, 0.29) is 17.7 Å². The summed E-state index contributed by atoms with van der Waals surface area (Å²) in [5.41, 5.74) is 1.27. The Morgan fingerprint density at radius 1 is 1.43 bits per heavy atom. The number of nitrogens with one attached hydrogen (secondary N) is 1. The molecule has 1 aromatic rings. The van der Waals surface area contributed by atoms with E-state index in [0.717, 1.165) is 24.3 Å². The third-order valence-corrected chi connectivity index (χ3v) is 5.46. The van der Waals surface area contributed by atoms with Gasteiger partial charge in [-0.3, -0.25) is 9.59 Å². The zero-order valence-electron chi connectivity index (χ0n) is 12.4. The van der Waals surface area contributed by atoms with Gasteiger partial charge in [0.1, 0.15) is 0 Å². The van der Waals surface area contributed by atoms with Gasteiger partial charge < -0.3 is 10.2 Å². The number of fused-ring (bicyclic) bond motifs is 1. The van der Waals surface area contributed by atoms with Gasteiger partial charge in [-0.2, -0.15) is 0 Å². The molecular weight excluding hydrogens is 286 g/mol. The van der Waals surface area contributed by atoms with E-state index in [0.29, 0.717) is 19.5 Å². The zero-order chi connectivity index (χ0) is 14.8. The molecule has 0 saturated carbocycles. The van der Waals surface area contributed by atoms with Crippen molar-refractivity contribution in [3.63, 3.8) is 0 Å². The molecule has 0 radical (unpaired) electrons. The Bertz CT molecular complexity index is 532. The molecule has 2 aliphatic rings. The summed E-state index contributed by atoms with van der Waals surface area (Å²) in [7, 11) is 1.75. The molecule has 114 valence electrons. The Hall–Kier alpha value is -1.43. The molecule has 1 fully saturated rings. The van der Waals surface area contributed by atoms with Crippen LogP contribution >= 0.6 is 11.3 Å². The Labute approximate surface area is 128 Å². The molecular formula is C15H21N3O2S. The number of hydrogen-bond acceptors (Lipinski definition) is 4. The lowest BCUT2D eigenvalue weighted by atomic mass is 10.0. The van der Waals surface area contributed by atoms with Crippen LogP contribution in [0.3, 0.4) is 0 Å². The molecule has 3 rings (SSSR count). The van der Waals surface area contributed by atoms with E-state index in [2.05, 4.69) is 10.3 Å². The molecule has 2 heterocycles. The number of rotatable bonds is 4. The Balaban J connectivity index is 1.46. The predicted molar refractivity (Wildman–Crippen MR) is 81.2 cm³/mol. The van der Waals surface area contributed by atoms with Crippen LogP contribution in [-0.4, -0.2) is 41.8 Å². The van der Waals surface area contributed by atoms with Gasteiger partial charge in [-0.15, -0.1) is 11.3 Å². The number of amides is 2. The standard InChI is InChI=1S/C15H21N3O2S/c1-18-9-10(8-14(18)19)15(20)16-7-6-13-17-11-4-2-3-5-12(11)21-13/h10H,2-9H2,1H3,(H,16,20)/t10-/m1/s1. The molecule has 0 spiro atoms. The maximum Gasteiger partial charge on any atom is 0.225 e. The maximum absolute atomic E-state index is 12.0. The number of aromatic nitrogens is 1. The van der Waals surface area contributed by atoms with Crippen LogP contribution in [0.1, 0.15) is 34.8 Å². The van der Waals surface area contributed by atoms with Crippen molar-refractivity contribution in [3.8, 4) is 0 Å². The second-order valence-corrected chi connectivity index (χ2v) is 7.07. The van der Waals surface area contributed by atoms with Crippen LogP contribution in [0.5, 0.6) is 0 Å². The number of aryl methyl sites for hydroxylation is 2. The molecule has 0 aromatic carbocycles. The van der Waals surface area contributed by atoms with Gasteiger partial charge in [-0.1, -0.05) is 0 Å². The fourth-order valence-electron chi connectivity index (χ4n) is 2.99. The second kappa shape index (κ2) is 6.13. The molecule has 0 unspecified atom stereocenters. The minimum absolute atomic E-state index is 0.00554. The highest BCUT2D eigenvalue weighted by molar-refractivity contribution is 7.11. The molecule has 2 amide bonds. The number of thiazole rings is 1. The van der Waals surface area contributed by atoms with Crippen molar-refractivity contribution < 1.29 is 9.59 Å². The zero-order valence-corrected chi connectivity index (χ0v) is 13.2. The first-order valence-electron chi connectivity index (χ1n) is 7.62. The quantitative estimate of drug-likeness (QED) is 0.908. The summed E-state index contributed by atoms with van der Waals surface area (Å²) in [6, 6.07) is 0. The highest BCUT2D eigenvalue weighted by Gasteiger charge is 2.31. The first-order chi connectivity index (χ1) is 10.1. The first-order valence-corrected chi connectivity index (χ1v) is 8.44. The predicted octanol–water partition coefficient (Wildman–Crippen LogP) is 1.16. The number of carbonyl (C=O) groups is 2. The van der Waals surface area contributed by atoms with Gasteiger partial charge >= 0.3 is 0 Å². The van der Waals surface area contributed by atoms with E-state index < -0.39 is 0 Å². The number of carbonyl (C=O) groups excluding carboxylic acids is 2. The third kappa shape index (κ3) is 3.26. The van der Waals surface area contributed by atoms with Gasteiger partial charge in [0.05, 0.1) is 16.6 Å². The molecule has 1 aliphatic carbocycles. The normalized spacial score (nSPS) is 21.5. The van der Waals surface area contributed by atoms with Crippen molar-refractivity contribution in [2.24, 2.45) is 5.92 Å². The third-order valence-electron chi connectivity index (χ3n) is 4.24. The minimum atomic E-state index is -0.188. The summed E-state index contributed by atoms with van der Waals surface area (Å²) in [5, 5.41) is 4.07. The van der Waals surface area contributed by atoms with Crippen molar-refractivity contribution in [3.05, 3.63) is 15.6 Å². The van der Waals surface area contributed by atoms with Crippen molar-refractivity contribution >= 4 is 23.2 Å². The molecule has 1 aliphatic heterocycles. The summed E-state index contributed by atoms with van der Waals surface area (Å²) in [6.45, 7) is 1.15. The molecule has 1 aromatic heterocycles. The summed E-state index contributed by atoms with van der Waals surface area (Å²) in [6.07, 6.45) is 5.92. The highest BCUT2D eigenvalue weighted by Crippen LogP contribution is 2.26. The van der Waals surface area contributed by atoms with E-state index in [1.165, 1.54) is 23.4 Å². The van der Waals surface area contributed by atoms with E-state index in [4.69, 9.17) is 0 Å². The summed E-state index contributed by atoms with van der Waals surface area (Å²) in [4.78, 5) is 31.2. The minimum Gasteiger partial charge on any atom is -0.355 e. The van der Waals surface area contributed by atoms with Crippen molar-refractivity contribution in [1.29, 1.82) is 0 Å². The lowest BCUT2D eigenvalue weighted by molar-refractivity contribution is -0.128.